The van der Waals surface area contributed by atoms with Gasteiger partial charge in [-0.1, -0.05) is 12.1 Å². The van der Waals surface area contributed by atoms with Gasteiger partial charge in [0.05, 0.1) is 54.8 Å². The van der Waals surface area contributed by atoms with E-state index in [1.165, 1.54) is 69.1 Å². The van der Waals surface area contributed by atoms with E-state index in [1.54, 1.807) is 11.0 Å². The third-order valence-electron chi connectivity index (χ3n) is 8.43. The van der Waals surface area contributed by atoms with E-state index in [-0.39, 0.29) is 40.6 Å². The van der Waals surface area contributed by atoms with Crippen LogP contribution in [0, 0.1) is 11.3 Å². The number of anilines is 1. The number of carbonyl (C=O) groups excluding carboxylic acids is 1. The summed E-state index contributed by atoms with van der Waals surface area (Å²) in [4.78, 5) is 23.3. The standard InChI is InChI=1S/C33H33N5O7S/c1-36(2)19-22-5-11-26(30(16-22)44-4)33(37-20-23(39)17-29(37)31-35-13-14-45-31)27-15-21(18-34)6-12-28(27)38(32(33)40)46(41,42)25-9-7-24(43-3)8-10-25/h5-16,23,29,39H,17,19-20H2,1-4H3. The fourth-order valence-electron chi connectivity index (χ4n) is 6.54. The topological polar surface area (TPSA) is 149 Å². The number of fused-ring (bicyclic) bond motifs is 1. The summed E-state index contributed by atoms with van der Waals surface area (Å²) < 4.78 is 46.6. The molecule has 3 aromatic carbocycles. The van der Waals surface area contributed by atoms with Crippen molar-refractivity contribution >= 4 is 21.6 Å². The number of sulfonamides is 1. The molecule has 2 aliphatic heterocycles. The number of hydrogen-bond donors (Lipinski definition) is 1. The molecule has 1 fully saturated rings. The van der Waals surface area contributed by atoms with Gasteiger partial charge in [-0.15, -0.1) is 0 Å². The zero-order chi connectivity index (χ0) is 32.8. The predicted octanol–water partition coefficient (Wildman–Crippen LogP) is 3.41. The van der Waals surface area contributed by atoms with Crippen molar-refractivity contribution in [2.24, 2.45) is 0 Å². The number of carbonyl (C=O) groups is 1. The number of methoxy groups -OCH3 is 2. The Kier molecular flexibility index (Phi) is 8.07. The number of nitrogens with zero attached hydrogens (tertiary/aromatic N) is 5. The van der Waals surface area contributed by atoms with E-state index in [9.17, 15) is 18.8 Å². The minimum atomic E-state index is -4.51. The monoisotopic (exact) mass is 643 g/mol. The van der Waals surface area contributed by atoms with Crippen molar-refractivity contribution in [1.82, 2.24) is 14.8 Å². The summed E-state index contributed by atoms with van der Waals surface area (Å²) in [6.07, 6.45) is 2.13. The highest BCUT2D eigenvalue weighted by atomic mass is 32.2. The number of amides is 1. The lowest BCUT2D eigenvalue weighted by Crippen LogP contribution is -2.55. The number of hydrogen-bond acceptors (Lipinski definition) is 11. The molecule has 0 spiro atoms. The number of rotatable bonds is 9. The molecular weight excluding hydrogens is 610 g/mol. The van der Waals surface area contributed by atoms with Crippen LogP contribution in [0.1, 0.15) is 40.6 Å². The minimum Gasteiger partial charge on any atom is -0.497 e. The molecule has 0 radical (unpaired) electrons. The third-order valence-corrected chi connectivity index (χ3v) is 10.1. The van der Waals surface area contributed by atoms with Crippen molar-refractivity contribution in [2.45, 2.75) is 35.5 Å². The molecule has 6 rings (SSSR count). The average Bonchev–Trinajstić information content (AvgIpc) is 3.77. The number of benzene rings is 3. The van der Waals surface area contributed by atoms with E-state index < -0.39 is 33.6 Å². The van der Waals surface area contributed by atoms with Gasteiger partial charge in [0.25, 0.3) is 15.9 Å². The molecule has 2 aliphatic rings. The Labute approximate surface area is 267 Å². The second kappa shape index (κ2) is 11.9. The van der Waals surface area contributed by atoms with Crippen molar-refractivity contribution in [3.8, 4) is 17.6 Å². The smallest absolute Gasteiger partial charge is 0.271 e. The van der Waals surface area contributed by atoms with Gasteiger partial charge in [-0.25, -0.2) is 17.7 Å². The second-order valence-corrected chi connectivity index (χ2v) is 13.3. The largest absolute Gasteiger partial charge is 0.497 e. The molecule has 3 unspecified atom stereocenters. The molecule has 3 atom stereocenters. The summed E-state index contributed by atoms with van der Waals surface area (Å²) in [5.74, 6) is 0.207. The Morgan fingerprint density at radius 3 is 2.48 bits per heavy atom. The van der Waals surface area contributed by atoms with Crippen LogP contribution in [0.2, 0.25) is 0 Å². The molecule has 1 N–H and O–H groups in total. The molecule has 0 saturated carbocycles. The van der Waals surface area contributed by atoms with Crippen LogP contribution in [0.3, 0.4) is 0 Å². The first-order valence-corrected chi connectivity index (χ1v) is 15.9. The molecule has 12 nitrogen and oxygen atoms in total. The first-order chi connectivity index (χ1) is 22.1. The van der Waals surface area contributed by atoms with E-state index >= 15 is 4.79 Å². The van der Waals surface area contributed by atoms with Gasteiger partial charge in [-0.2, -0.15) is 5.26 Å². The Hall–Kier alpha value is -4.74. The molecule has 238 valence electrons. The highest BCUT2D eigenvalue weighted by Gasteiger charge is 2.63. The lowest BCUT2D eigenvalue weighted by atomic mass is 9.80. The van der Waals surface area contributed by atoms with Gasteiger partial charge in [0, 0.05) is 24.2 Å². The number of ether oxygens (including phenoxy) is 2. The van der Waals surface area contributed by atoms with Gasteiger partial charge in [0.2, 0.25) is 5.89 Å². The molecular formula is C33H33N5O7S. The molecule has 4 aromatic rings. The van der Waals surface area contributed by atoms with Gasteiger partial charge in [0.1, 0.15) is 17.8 Å². The van der Waals surface area contributed by atoms with Crippen LogP contribution in [0.25, 0.3) is 0 Å². The van der Waals surface area contributed by atoms with E-state index in [2.05, 4.69) is 11.1 Å². The van der Waals surface area contributed by atoms with Gasteiger partial charge in [0.15, 0.2) is 5.54 Å². The Bertz CT molecular complexity index is 1920. The van der Waals surface area contributed by atoms with E-state index in [0.717, 1.165) is 9.87 Å². The van der Waals surface area contributed by atoms with Crippen molar-refractivity contribution in [1.29, 1.82) is 5.26 Å². The summed E-state index contributed by atoms with van der Waals surface area (Å²) in [5.41, 5.74) is -0.108. The van der Waals surface area contributed by atoms with Crippen molar-refractivity contribution in [3.05, 3.63) is 101 Å². The Morgan fingerprint density at radius 2 is 1.85 bits per heavy atom. The molecule has 1 saturated heterocycles. The molecule has 46 heavy (non-hydrogen) atoms. The number of oxazole rings is 1. The van der Waals surface area contributed by atoms with Crippen LogP contribution in [0.5, 0.6) is 11.5 Å². The summed E-state index contributed by atoms with van der Waals surface area (Å²) >= 11 is 0. The summed E-state index contributed by atoms with van der Waals surface area (Å²) in [7, 11) is 2.29. The van der Waals surface area contributed by atoms with Gasteiger partial charge >= 0.3 is 0 Å². The predicted molar refractivity (Wildman–Crippen MR) is 167 cm³/mol. The van der Waals surface area contributed by atoms with E-state index in [0.29, 0.717) is 23.6 Å². The van der Waals surface area contributed by atoms with Crippen molar-refractivity contribution in [3.63, 3.8) is 0 Å². The molecule has 3 heterocycles. The fourth-order valence-corrected chi connectivity index (χ4v) is 8.00. The summed E-state index contributed by atoms with van der Waals surface area (Å²) in [5, 5.41) is 21.1. The number of β-amino-alcohol motifs (C(OH)–C–C–N with tert-alkyl or cyclic N) is 1. The van der Waals surface area contributed by atoms with Crippen LogP contribution in [-0.2, 0) is 26.9 Å². The van der Waals surface area contributed by atoms with Gasteiger partial charge in [-0.3, -0.25) is 9.69 Å². The average molecular weight is 644 g/mol. The number of aliphatic hydroxyl groups is 1. The Morgan fingerprint density at radius 1 is 1.09 bits per heavy atom. The lowest BCUT2D eigenvalue weighted by Gasteiger charge is -2.41. The van der Waals surface area contributed by atoms with Gasteiger partial charge in [-0.05, 0) is 74.6 Å². The molecule has 13 heteroatoms. The van der Waals surface area contributed by atoms with Crippen LogP contribution < -0.4 is 13.8 Å². The maximum absolute atomic E-state index is 15.4. The normalized spacial score (nSPS) is 21.4. The fraction of sp³-hybridized carbons (Fsp3) is 0.303. The minimum absolute atomic E-state index is 0.0337. The first kappa shape index (κ1) is 31.3. The molecule has 1 aromatic heterocycles. The number of aliphatic hydroxyl groups excluding tert-OH is 1. The maximum atomic E-state index is 15.4. The van der Waals surface area contributed by atoms with E-state index in [4.69, 9.17) is 13.9 Å². The highest BCUT2D eigenvalue weighted by molar-refractivity contribution is 7.93. The zero-order valence-corrected chi connectivity index (χ0v) is 26.6. The SMILES string of the molecule is COc1ccc(S(=O)(=O)N2C(=O)C(c3ccc(CN(C)C)cc3OC)(N3CC(O)CC3c3ncco3)c3cc(C#N)ccc32)cc1. The summed E-state index contributed by atoms with van der Waals surface area (Å²) in [6.45, 7) is 0.542. The molecule has 1 amide bonds. The Balaban J connectivity index is 1.68. The highest BCUT2D eigenvalue weighted by Crippen LogP contribution is 2.56. The summed E-state index contributed by atoms with van der Waals surface area (Å²) in [6, 6.07) is 17.0. The molecule has 0 aliphatic carbocycles. The van der Waals surface area contributed by atoms with Crippen LogP contribution >= 0.6 is 0 Å². The van der Waals surface area contributed by atoms with Crippen LogP contribution in [0.15, 0.2) is 82.4 Å². The number of likely N-dealkylation sites (tertiary alicyclic amines) is 1. The van der Waals surface area contributed by atoms with Crippen molar-refractivity contribution in [2.75, 3.05) is 39.2 Å². The van der Waals surface area contributed by atoms with Gasteiger partial charge < -0.3 is 23.9 Å². The van der Waals surface area contributed by atoms with Crippen LogP contribution in [0.4, 0.5) is 5.69 Å². The zero-order valence-electron chi connectivity index (χ0n) is 25.7. The number of aromatic nitrogens is 1. The molecule has 0 bridgehead atoms. The van der Waals surface area contributed by atoms with Crippen LogP contribution in [-0.4, -0.2) is 75.2 Å². The quantitative estimate of drug-likeness (QED) is 0.286. The number of nitriles is 1. The maximum Gasteiger partial charge on any atom is 0.271 e. The lowest BCUT2D eigenvalue weighted by molar-refractivity contribution is -0.127. The van der Waals surface area contributed by atoms with E-state index in [1.807, 2.05) is 31.1 Å². The first-order valence-electron chi connectivity index (χ1n) is 14.5. The second-order valence-electron chi connectivity index (χ2n) is 11.5. The van der Waals surface area contributed by atoms with Crippen molar-refractivity contribution < 1.29 is 32.2 Å². The third kappa shape index (κ3) is 4.90.